The Labute approximate surface area is 156 Å². The summed E-state index contributed by atoms with van der Waals surface area (Å²) >= 11 is 0. The van der Waals surface area contributed by atoms with Crippen molar-refractivity contribution in [3.05, 3.63) is 63.2 Å². The summed E-state index contributed by atoms with van der Waals surface area (Å²) in [5, 5.41) is 24.7. The van der Waals surface area contributed by atoms with E-state index in [1.807, 2.05) is 0 Å². The normalized spacial score (nSPS) is 15.1. The predicted octanol–water partition coefficient (Wildman–Crippen LogP) is 3.22. The minimum Gasteiger partial charge on any atom is -0.492 e. The first-order valence-corrected chi connectivity index (χ1v) is 7.97. The first kappa shape index (κ1) is 19.0. The third-order valence-corrected chi connectivity index (χ3v) is 4.06. The third kappa shape index (κ3) is 3.82. The Hall–Kier alpha value is -3.76. The van der Waals surface area contributed by atoms with Crippen LogP contribution in [0.25, 0.3) is 0 Å². The molecule has 2 aromatic carbocycles. The molecule has 0 aromatic heterocycles. The summed E-state index contributed by atoms with van der Waals surface area (Å²) in [5.74, 6) is -3.16. The highest BCUT2D eigenvalue weighted by atomic mass is 19.2. The molecule has 2 aromatic rings. The molecule has 2 amide bonds. The first-order chi connectivity index (χ1) is 13.3. The number of non-ortho nitro benzene ring substituents is 1. The summed E-state index contributed by atoms with van der Waals surface area (Å²) in [7, 11) is 0. The lowest BCUT2D eigenvalue weighted by Gasteiger charge is -2.27. The number of ether oxygens (including phenoxy) is 1. The van der Waals surface area contributed by atoms with Crippen molar-refractivity contribution in [2.24, 2.45) is 0 Å². The van der Waals surface area contributed by atoms with Gasteiger partial charge in [-0.25, -0.2) is 13.6 Å². The topological polar surface area (TPSA) is 131 Å². The summed E-state index contributed by atoms with van der Waals surface area (Å²) in [6.07, 6.45) is -1.12. The Morgan fingerprint density at radius 3 is 2.61 bits per heavy atom. The molecule has 0 bridgehead atoms. The van der Waals surface area contributed by atoms with E-state index in [-0.39, 0.29) is 35.6 Å². The van der Waals surface area contributed by atoms with E-state index in [0.717, 1.165) is 30.3 Å². The number of nitrogens with zero attached hydrogens (tertiary/aromatic N) is 1. The van der Waals surface area contributed by atoms with E-state index >= 15 is 0 Å². The lowest BCUT2D eigenvalue weighted by atomic mass is 9.96. The van der Waals surface area contributed by atoms with Gasteiger partial charge in [0.05, 0.1) is 23.1 Å². The van der Waals surface area contributed by atoms with Crippen molar-refractivity contribution in [3.8, 4) is 5.75 Å². The third-order valence-electron chi connectivity index (χ3n) is 4.06. The minimum absolute atomic E-state index is 0.0179. The fourth-order valence-corrected chi connectivity index (χ4v) is 2.84. The van der Waals surface area contributed by atoms with Gasteiger partial charge in [0.1, 0.15) is 5.75 Å². The maximum atomic E-state index is 13.3. The molecule has 11 heteroatoms. The minimum atomic E-state index is -1.34. The van der Waals surface area contributed by atoms with Gasteiger partial charge in [-0.1, -0.05) is 0 Å². The van der Waals surface area contributed by atoms with Crippen LogP contribution in [0, 0.1) is 21.7 Å². The van der Waals surface area contributed by atoms with Crippen LogP contribution < -0.4 is 15.4 Å². The molecular weight excluding hydrogens is 380 g/mol. The number of carbonyl (C=O) groups excluding carboxylic acids is 1. The zero-order chi connectivity index (χ0) is 20.4. The molecule has 1 heterocycles. The van der Waals surface area contributed by atoms with Gasteiger partial charge in [0.2, 0.25) is 0 Å². The van der Waals surface area contributed by atoms with E-state index in [1.165, 1.54) is 0 Å². The molecule has 0 aliphatic carbocycles. The lowest BCUT2D eigenvalue weighted by Crippen LogP contribution is -2.32. The van der Waals surface area contributed by atoms with Crippen molar-refractivity contribution in [2.45, 2.75) is 12.5 Å². The Morgan fingerprint density at radius 2 is 1.96 bits per heavy atom. The number of amides is 2. The van der Waals surface area contributed by atoms with Gasteiger partial charge in [-0.05, 0) is 12.1 Å². The first-order valence-electron chi connectivity index (χ1n) is 7.97. The van der Waals surface area contributed by atoms with E-state index < -0.39 is 40.3 Å². The van der Waals surface area contributed by atoms with Gasteiger partial charge in [0.15, 0.2) is 11.6 Å². The lowest BCUT2D eigenvalue weighted by molar-refractivity contribution is -0.385. The van der Waals surface area contributed by atoms with Crippen LogP contribution in [-0.2, 0) is 0 Å². The number of halogens is 2. The summed E-state index contributed by atoms with van der Waals surface area (Å²) in [6.45, 7) is 0.0706. The number of nitrogens with one attached hydrogen (secondary N) is 2. The van der Waals surface area contributed by atoms with Crippen LogP contribution in [0.1, 0.15) is 28.4 Å². The number of nitro benzene ring substituents is 1. The number of carbonyl (C=O) groups is 2. The van der Waals surface area contributed by atoms with E-state index in [0.29, 0.717) is 0 Å². The Balaban J connectivity index is 2.02. The number of hydrogen-bond donors (Lipinski definition) is 3. The van der Waals surface area contributed by atoms with Gasteiger partial charge in [-0.3, -0.25) is 14.9 Å². The molecule has 0 saturated carbocycles. The van der Waals surface area contributed by atoms with Gasteiger partial charge in [0.25, 0.3) is 11.6 Å². The van der Waals surface area contributed by atoms with Gasteiger partial charge < -0.3 is 20.5 Å². The zero-order valence-corrected chi connectivity index (χ0v) is 14.1. The molecule has 0 fully saturated rings. The summed E-state index contributed by atoms with van der Waals surface area (Å²) in [6, 6.07) is 3.98. The van der Waals surface area contributed by atoms with Crippen molar-refractivity contribution in [3.63, 3.8) is 0 Å². The summed E-state index contributed by atoms with van der Waals surface area (Å²) < 4.78 is 31.8. The van der Waals surface area contributed by atoms with Crippen molar-refractivity contribution in [2.75, 3.05) is 11.9 Å². The maximum Gasteiger partial charge on any atom is 0.405 e. The number of benzene rings is 2. The van der Waals surface area contributed by atoms with E-state index in [2.05, 4.69) is 10.6 Å². The molecule has 1 aliphatic rings. The van der Waals surface area contributed by atoms with Crippen molar-refractivity contribution in [1.29, 1.82) is 0 Å². The molecule has 0 saturated heterocycles. The highest BCUT2D eigenvalue weighted by molar-refractivity contribution is 6.07. The smallest absolute Gasteiger partial charge is 0.405 e. The SMILES string of the molecule is O=C(O)NC1CCOc2c(C(=O)Nc3ccc(F)c(F)c3)cc([N+](=O)[O-])cc21. The molecule has 1 unspecified atom stereocenters. The molecule has 1 atom stereocenters. The monoisotopic (exact) mass is 393 g/mol. The quantitative estimate of drug-likeness (QED) is 0.540. The van der Waals surface area contributed by atoms with Gasteiger partial charge in [0, 0.05) is 35.9 Å². The number of rotatable bonds is 4. The molecule has 3 rings (SSSR count). The molecule has 3 N–H and O–H groups in total. The zero-order valence-electron chi connectivity index (χ0n) is 14.1. The van der Waals surface area contributed by atoms with Gasteiger partial charge in [-0.2, -0.15) is 0 Å². The molecule has 9 nitrogen and oxygen atoms in total. The average Bonchev–Trinajstić information content (AvgIpc) is 2.63. The number of nitro groups is 1. The molecule has 146 valence electrons. The molecule has 0 radical (unpaired) electrons. The number of fused-ring (bicyclic) bond motifs is 1. The molecule has 0 spiro atoms. The van der Waals surface area contributed by atoms with E-state index in [1.54, 1.807) is 0 Å². The van der Waals surface area contributed by atoms with E-state index in [4.69, 9.17) is 9.84 Å². The van der Waals surface area contributed by atoms with Gasteiger partial charge in [-0.15, -0.1) is 0 Å². The van der Waals surface area contributed by atoms with Crippen LogP contribution in [0.15, 0.2) is 30.3 Å². The number of hydrogen-bond acceptors (Lipinski definition) is 5. The number of anilines is 1. The van der Waals surface area contributed by atoms with Gasteiger partial charge >= 0.3 is 6.09 Å². The predicted molar refractivity (Wildman–Crippen MR) is 91.4 cm³/mol. The summed E-state index contributed by atoms with van der Waals surface area (Å²) in [4.78, 5) is 34.1. The second kappa shape index (κ2) is 7.47. The molecular formula is C17H13F2N3O6. The number of carboxylic acid groups (broad SMARTS) is 1. The summed E-state index contributed by atoms with van der Waals surface area (Å²) in [5.41, 5.74) is -0.610. The Kier molecular flexibility index (Phi) is 5.07. The van der Waals surface area contributed by atoms with Crippen molar-refractivity contribution in [1.82, 2.24) is 5.32 Å². The molecule has 28 heavy (non-hydrogen) atoms. The van der Waals surface area contributed by atoms with Crippen LogP contribution in [0.2, 0.25) is 0 Å². The Morgan fingerprint density at radius 1 is 1.21 bits per heavy atom. The maximum absolute atomic E-state index is 13.3. The van der Waals surface area contributed by atoms with Crippen molar-refractivity contribution >= 4 is 23.4 Å². The highest BCUT2D eigenvalue weighted by Gasteiger charge is 2.30. The standard InChI is InChI=1S/C17H13F2N3O6/c18-12-2-1-8(5-13(12)19)20-16(23)11-7-9(22(26)27)6-10-14(21-17(24)25)3-4-28-15(10)11/h1-2,5-7,14,21H,3-4H2,(H,20,23)(H,24,25). The fraction of sp³-hybridized carbons (Fsp3) is 0.176. The Bertz CT molecular complexity index is 982. The van der Waals surface area contributed by atoms with Crippen LogP contribution >= 0.6 is 0 Å². The average molecular weight is 393 g/mol. The van der Waals surface area contributed by atoms with Crippen LogP contribution in [0.3, 0.4) is 0 Å². The highest BCUT2D eigenvalue weighted by Crippen LogP contribution is 2.38. The van der Waals surface area contributed by atoms with Crippen LogP contribution in [-0.4, -0.2) is 28.6 Å². The van der Waals surface area contributed by atoms with E-state index in [9.17, 15) is 28.5 Å². The van der Waals surface area contributed by atoms with Crippen LogP contribution in [0.4, 0.5) is 25.0 Å². The van der Waals surface area contributed by atoms with Crippen molar-refractivity contribution < 1.29 is 33.1 Å². The fourth-order valence-electron chi connectivity index (χ4n) is 2.84. The second-order valence-corrected chi connectivity index (χ2v) is 5.89. The largest absolute Gasteiger partial charge is 0.492 e. The molecule has 1 aliphatic heterocycles. The van der Waals surface area contributed by atoms with Crippen LogP contribution in [0.5, 0.6) is 5.75 Å². The second-order valence-electron chi connectivity index (χ2n) is 5.89.